The Kier molecular flexibility index (Phi) is 7.65. The molecule has 0 aliphatic heterocycles. The maximum absolute atomic E-state index is 13.5. The smallest absolute Gasteiger partial charge is 0.159 e. The zero-order valence-corrected chi connectivity index (χ0v) is 17.4. The molecule has 0 radical (unpaired) electrons. The minimum absolute atomic E-state index is 0.700. The normalized spacial score (nSPS) is 20.9. The van der Waals surface area contributed by atoms with Crippen molar-refractivity contribution in [2.75, 3.05) is 0 Å². The van der Waals surface area contributed by atoms with E-state index in [0.29, 0.717) is 5.92 Å². The number of unbranched alkanes of at least 4 members (excludes halogenated alkanes) is 2. The quantitative estimate of drug-likeness (QED) is 0.402. The first-order chi connectivity index (χ1) is 13.6. The van der Waals surface area contributed by atoms with Crippen LogP contribution in [0.4, 0.5) is 8.78 Å². The molecule has 0 amide bonds. The number of halogens is 2. The number of benzene rings is 2. The average Bonchev–Trinajstić information content (AvgIpc) is 2.71. The van der Waals surface area contributed by atoms with Gasteiger partial charge in [-0.2, -0.15) is 0 Å². The molecule has 0 saturated heterocycles. The van der Waals surface area contributed by atoms with Gasteiger partial charge in [0, 0.05) is 0 Å². The van der Waals surface area contributed by atoms with Crippen LogP contribution >= 0.6 is 0 Å². The number of hydrogen-bond acceptors (Lipinski definition) is 0. The van der Waals surface area contributed by atoms with E-state index < -0.39 is 11.6 Å². The Morgan fingerprint density at radius 1 is 0.857 bits per heavy atom. The van der Waals surface area contributed by atoms with Crippen molar-refractivity contribution in [3.63, 3.8) is 0 Å². The first-order valence-corrected chi connectivity index (χ1v) is 11.1. The number of hydrogen-bond donors (Lipinski definition) is 0. The molecule has 152 valence electrons. The van der Waals surface area contributed by atoms with E-state index in [-0.39, 0.29) is 0 Å². The second-order valence-corrected chi connectivity index (χ2v) is 8.78. The summed E-state index contributed by atoms with van der Waals surface area (Å²) in [5.74, 6) is 0.916. The number of rotatable bonds is 8. The summed E-state index contributed by atoms with van der Waals surface area (Å²) in [4.78, 5) is 0. The summed E-state index contributed by atoms with van der Waals surface area (Å²) < 4.78 is 26.6. The van der Waals surface area contributed by atoms with Gasteiger partial charge in [0.1, 0.15) is 0 Å². The van der Waals surface area contributed by atoms with Gasteiger partial charge in [0.05, 0.1) is 0 Å². The third kappa shape index (κ3) is 5.65. The Morgan fingerprint density at radius 3 is 2.18 bits per heavy atom. The molecule has 1 aliphatic rings. The fourth-order valence-corrected chi connectivity index (χ4v) is 4.78. The Labute approximate surface area is 169 Å². The predicted molar refractivity (Wildman–Crippen MR) is 114 cm³/mol. The highest BCUT2D eigenvalue weighted by Crippen LogP contribution is 2.37. The van der Waals surface area contributed by atoms with Crippen molar-refractivity contribution < 1.29 is 8.78 Å². The van der Waals surface area contributed by atoms with Crippen LogP contribution in [0.2, 0.25) is 0 Å². The topological polar surface area (TPSA) is 0 Å². The molecule has 2 heteroatoms. The van der Waals surface area contributed by atoms with Crippen LogP contribution in [-0.2, 0) is 6.42 Å². The van der Waals surface area contributed by atoms with Crippen molar-refractivity contribution in [2.24, 2.45) is 17.8 Å². The summed E-state index contributed by atoms with van der Waals surface area (Å²) in [6, 6.07) is 12.4. The van der Waals surface area contributed by atoms with Gasteiger partial charge in [-0.1, -0.05) is 82.7 Å². The summed E-state index contributed by atoms with van der Waals surface area (Å²) in [5.41, 5.74) is 2.99. The van der Waals surface area contributed by atoms with Crippen molar-refractivity contribution in [2.45, 2.75) is 71.6 Å². The van der Waals surface area contributed by atoms with Gasteiger partial charge in [-0.3, -0.25) is 0 Å². The third-order valence-electron chi connectivity index (χ3n) is 6.68. The standard InChI is InChI=1S/C26H34F2/c1-3-4-5-6-20-7-11-22(12-8-20)19(2)17-21-9-13-23(14-10-21)24-15-16-25(27)26(28)18-24/h9-10,13-16,18-20,22H,3-8,11-12,17H2,1-2H3. The fourth-order valence-electron chi connectivity index (χ4n) is 4.78. The molecule has 1 saturated carbocycles. The van der Waals surface area contributed by atoms with Crippen LogP contribution < -0.4 is 0 Å². The molecule has 1 fully saturated rings. The summed E-state index contributed by atoms with van der Waals surface area (Å²) in [6.07, 6.45) is 12.2. The van der Waals surface area contributed by atoms with Crippen molar-refractivity contribution in [1.82, 2.24) is 0 Å². The second-order valence-electron chi connectivity index (χ2n) is 8.78. The Hall–Kier alpha value is -1.70. The average molecular weight is 385 g/mol. The first kappa shape index (κ1) is 21.0. The van der Waals surface area contributed by atoms with Gasteiger partial charge in [-0.15, -0.1) is 0 Å². The highest BCUT2D eigenvalue weighted by molar-refractivity contribution is 5.63. The summed E-state index contributed by atoms with van der Waals surface area (Å²) in [5, 5.41) is 0. The lowest BCUT2D eigenvalue weighted by Gasteiger charge is -2.32. The maximum atomic E-state index is 13.5. The zero-order valence-electron chi connectivity index (χ0n) is 17.4. The molecule has 1 aliphatic carbocycles. The molecule has 0 bridgehead atoms. The highest BCUT2D eigenvalue weighted by Gasteiger charge is 2.25. The maximum Gasteiger partial charge on any atom is 0.159 e. The van der Waals surface area contributed by atoms with Crippen molar-refractivity contribution in [1.29, 1.82) is 0 Å². The molecule has 1 unspecified atom stereocenters. The van der Waals surface area contributed by atoms with E-state index in [1.54, 1.807) is 6.07 Å². The molecule has 1 atom stereocenters. The van der Waals surface area contributed by atoms with Crippen molar-refractivity contribution >= 4 is 0 Å². The van der Waals surface area contributed by atoms with Gasteiger partial charge in [-0.05, 0) is 65.8 Å². The van der Waals surface area contributed by atoms with E-state index >= 15 is 0 Å². The molecule has 0 spiro atoms. The fraction of sp³-hybridized carbons (Fsp3) is 0.538. The molecule has 0 aromatic heterocycles. The lowest BCUT2D eigenvalue weighted by atomic mass is 9.73. The van der Waals surface area contributed by atoms with Crippen molar-refractivity contribution in [3.05, 3.63) is 59.7 Å². The lowest BCUT2D eigenvalue weighted by molar-refractivity contribution is 0.204. The van der Waals surface area contributed by atoms with E-state index in [1.165, 1.54) is 69.1 Å². The Balaban J connectivity index is 1.51. The molecule has 3 rings (SSSR count). The Bertz CT molecular complexity index is 727. The SMILES string of the molecule is CCCCCC1CCC(C(C)Cc2ccc(-c3ccc(F)c(F)c3)cc2)CC1. The van der Waals surface area contributed by atoms with Crippen LogP contribution in [0.1, 0.15) is 70.8 Å². The summed E-state index contributed by atoms with van der Waals surface area (Å²) in [7, 11) is 0. The van der Waals surface area contributed by atoms with Gasteiger partial charge in [-0.25, -0.2) is 8.78 Å². The second kappa shape index (κ2) is 10.2. The van der Waals surface area contributed by atoms with Gasteiger partial charge >= 0.3 is 0 Å². The predicted octanol–water partition coefficient (Wildman–Crippen LogP) is 8.20. The van der Waals surface area contributed by atoms with Crippen LogP contribution in [0.5, 0.6) is 0 Å². The van der Waals surface area contributed by atoms with E-state index in [1.807, 2.05) is 12.1 Å². The van der Waals surface area contributed by atoms with Crippen LogP contribution in [-0.4, -0.2) is 0 Å². The zero-order chi connectivity index (χ0) is 19.9. The molecular formula is C26H34F2. The van der Waals surface area contributed by atoms with Crippen LogP contribution in [0.25, 0.3) is 11.1 Å². The van der Waals surface area contributed by atoms with Crippen molar-refractivity contribution in [3.8, 4) is 11.1 Å². The van der Waals surface area contributed by atoms with E-state index in [9.17, 15) is 8.78 Å². The van der Waals surface area contributed by atoms with Crippen LogP contribution in [0.3, 0.4) is 0 Å². The van der Waals surface area contributed by atoms with E-state index in [2.05, 4.69) is 26.0 Å². The Morgan fingerprint density at radius 2 is 1.54 bits per heavy atom. The monoisotopic (exact) mass is 384 g/mol. The first-order valence-electron chi connectivity index (χ1n) is 11.1. The molecule has 2 aromatic rings. The lowest BCUT2D eigenvalue weighted by Crippen LogP contribution is -2.21. The molecule has 0 heterocycles. The van der Waals surface area contributed by atoms with E-state index in [4.69, 9.17) is 0 Å². The molecule has 28 heavy (non-hydrogen) atoms. The van der Waals surface area contributed by atoms with E-state index in [0.717, 1.165) is 29.4 Å². The van der Waals surface area contributed by atoms with Gasteiger partial charge in [0.25, 0.3) is 0 Å². The minimum atomic E-state index is -0.797. The summed E-state index contributed by atoms with van der Waals surface area (Å²) >= 11 is 0. The summed E-state index contributed by atoms with van der Waals surface area (Å²) in [6.45, 7) is 4.67. The van der Waals surface area contributed by atoms with Crippen LogP contribution in [0.15, 0.2) is 42.5 Å². The van der Waals surface area contributed by atoms with Gasteiger partial charge < -0.3 is 0 Å². The molecule has 0 N–H and O–H groups in total. The largest absolute Gasteiger partial charge is 0.204 e. The van der Waals surface area contributed by atoms with Crippen LogP contribution in [0, 0.1) is 29.4 Å². The molecular weight excluding hydrogens is 350 g/mol. The molecule has 0 nitrogen and oxygen atoms in total. The third-order valence-corrected chi connectivity index (χ3v) is 6.68. The minimum Gasteiger partial charge on any atom is -0.204 e. The molecule has 2 aromatic carbocycles. The van der Waals surface area contributed by atoms with Gasteiger partial charge in [0.2, 0.25) is 0 Å². The highest BCUT2D eigenvalue weighted by atomic mass is 19.2. The van der Waals surface area contributed by atoms with Gasteiger partial charge in [0.15, 0.2) is 11.6 Å².